The molecule has 0 radical (unpaired) electrons. The monoisotopic (exact) mass is 342 g/mol. The number of likely N-dealkylation sites (N-methyl/N-ethyl adjacent to an activating group) is 1. The van der Waals surface area contributed by atoms with Crippen molar-refractivity contribution in [3.63, 3.8) is 0 Å². The van der Waals surface area contributed by atoms with Gasteiger partial charge in [-0.25, -0.2) is 4.98 Å². The molecule has 0 saturated carbocycles. The van der Waals surface area contributed by atoms with Gasteiger partial charge in [-0.3, -0.25) is 4.90 Å². The van der Waals surface area contributed by atoms with Crippen molar-refractivity contribution < 1.29 is 9.84 Å². The molecule has 1 unspecified atom stereocenters. The smallest absolute Gasteiger partial charge is 0.127 e. The predicted molar refractivity (Wildman–Crippen MR) is 98.6 cm³/mol. The van der Waals surface area contributed by atoms with Gasteiger partial charge in [0, 0.05) is 23.0 Å². The second-order valence-electron chi connectivity index (χ2n) is 6.02. The maximum Gasteiger partial charge on any atom is 0.127 e. The van der Waals surface area contributed by atoms with Crippen LogP contribution in [-0.2, 0) is 6.54 Å². The van der Waals surface area contributed by atoms with E-state index in [-0.39, 0.29) is 6.61 Å². The quantitative estimate of drug-likeness (QED) is 0.714. The summed E-state index contributed by atoms with van der Waals surface area (Å²) >= 11 is 1.65. The first kappa shape index (κ1) is 16.9. The Morgan fingerprint density at radius 1 is 1.21 bits per heavy atom. The molecular formula is C19H22N2O2S. The molecule has 4 nitrogen and oxygen atoms in total. The van der Waals surface area contributed by atoms with Crippen molar-refractivity contribution in [1.29, 1.82) is 0 Å². The fraction of sp³-hybridized carbons (Fsp3) is 0.316. The average molecular weight is 342 g/mol. The van der Waals surface area contributed by atoms with Gasteiger partial charge in [0.1, 0.15) is 23.5 Å². The zero-order valence-electron chi connectivity index (χ0n) is 14.0. The third kappa shape index (κ3) is 4.32. The summed E-state index contributed by atoms with van der Waals surface area (Å²) in [6.45, 7) is 3.55. The van der Waals surface area contributed by atoms with Gasteiger partial charge in [-0.05, 0) is 25.4 Å². The number of aryl methyl sites for hydroxylation is 1. The zero-order chi connectivity index (χ0) is 16.9. The number of nitrogens with zero attached hydrogens (tertiary/aromatic N) is 2. The Morgan fingerprint density at radius 2 is 2.00 bits per heavy atom. The highest BCUT2D eigenvalue weighted by molar-refractivity contribution is 7.09. The number of aliphatic hydroxyl groups excluding tert-OH is 1. The summed E-state index contributed by atoms with van der Waals surface area (Å²) in [5.41, 5.74) is 1.04. The molecule has 5 heteroatoms. The van der Waals surface area contributed by atoms with Crippen LogP contribution < -0.4 is 4.74 Å². The fourth-order valence-electron chi connectivity index (χ4n) is 2.69. The number of aromatic nitrogens is 1. The molecule has 2 aromatic carbocycles. The number of hydrogen-bond donors (Lipinski definition) is 1. The Labute approximate surface area is 146 Å². The first-order valence-corrected chi connectivity index (χ1v) is 8.88. The van der Waals surface area contributed by atoms with E-state index in [1.165, 1.54) is 0 Å². The maximum absolute atomic E-state index is 10.3. The Balaban J connectivity index is 1.54. The van der Waals surface area contributed by atoms with Crippen LogP contribution in [0.25, 0.3) is 10.8 Å². The Bertz CT molecular complexity index is 797. The molecule has 0 amide bonds. The van der Waals surface area contributed by atoms with Crippen LogP contribution in [-0.4, -0.2) is 41.3 Å². The Kier molecular flexibility index (Phi) is 5.45. The second-order valence-corrected chi connectivity index (χ2v) is 6.96. The lowest BCUT2D eigenvalue weighted by Crippen LogP contribution is -2.32. The van der Waals surface area contributed by atoms with Gasteiger partial charge in [0.2, 0.25) is 0 Å². The summed E-state index contributed by atoms with van der Waals surface area (Å²) in [6.07, 6.45) is -0.546. The van der Waals surface area contributed by atoms with E-state index >= 15 is 0 Å². The van der Waals surface area contributed by atoms with Crippen molar-refractivity contribution in [1.82, 2.24) is 9.88 Å². The number of fused-ring (bicyclic) bond motifs is 1. The summed E-state index contributed by atoms with van der Waals surface area (Å²) < 4.78 is 5.85. The van der Waals surface area contributed by atoms with E-state index in [9.17, 15) is 5.11 Å². The Morgan fingerprint density at radius 3 is 2.79 bits per heavy atom. The lowest BCUT2D eigenvalue weighted by molar-refractivity contribution is 0.0749. The molecule has 0 bridgehead atoms. The van der Waals surface area contributed by atoms with Gasteiger partial charge in [-0.15, -0.1) is 11.3 Å². The number of aliphatic hydroxyl groups is 1. The highest BCUT2D eigenvalue weighted by atomic mass is 32.1. The first-order chi connectivity index (χ1) is 11.6. The normalized spacial score (nSPS) is 12.7. The van der Waals surface area contributed by atoms with E-state index < -0.39 is 6.10 Å². The fourth-order valence-corrected chi connectivity index (χ4v) is 3.54. The molecule has 24 heavy (non-hydrogen) atoms. The highest BCUT2D eigenvalue weighted by Crippen LogP contribution is 2.25. The lowest BCUT2D eigenvalue weighted by Gasteiger charge is -2.20. The van der Waals surface area contributed by atoms with Crippen LogP contribution >= 0.6 is 11.3 Å². The van der Waals surface area contributed by atoms with Gasteiger partial charge in [0.15, 0.2) is 0 Å². The van der Waals surface area contributed by atoms with Crippen molar-refractivity contribution in [2.45, 2.75) is 19.6 Å². The molecule has 3 rings (SSSR count). The van der Waals surface area contributed by atoms with E-state index in [4.69, 9.17) is 4.74 Å². The second kappa shape index (κ2) is 7.75. The van der Waals surface area contributed by atoms with Crippen LogP contribution in [0.4, 0.5) is 0 Å². The molecule has 0 aliphatic rings. The molecule has 1 N–H and O–H groups in total. The minimum atomic E-state index is -0.546. The predicted octanol–water partition coefficient (Wildman–Crippen LogP) is 3.48. The SMILES string of the molecule is Cc1csc(CN(C)CC(O)COc2cccc3ccccc23)n1. The number of ether oxygens (including phenoxy) is 1. The summed E-state index contributed by atoms with van der Waals surface area (Å²) in [6, 6.07) is 14.1. The maximum atomic E-state index is 10.3. The molecule has 1 atom stereocenters. The minimum absolute atomic E-state index is 0.273. The third-order valence-corrected chi connectivity index (χ3v) is 4.73. The molecule has 126 valence electrons. The molecule has 1 heterocycles. The topological polar surface area (TPSA) is 45.6 Å². The molecule has 0 spiro atoms. The van der Waals surface area contributed by atoms with E-state index in [0.717, 1.165) is 33.8 Å². The lowest BCUT2D eigenvalue weighted by atomic mass is 10.1. The van der Waals surface area contributed by atoms with Crippen LogP contribution in [0.5, 0.6) is 5.75 Å². The van der Waals surface area contributed by atoms with Crippen LogP contribution in [0.2, 0.25) is 0 Å². The van der Waals surface area contributed by atoms with Crippen molar-refractivity contribution in [3.8, 4) is 5.75 Å². The van der Waals surface area contributed by atoms with E-state index in [1.807, 2.05) is 49.7 Å². The van der Waals surface area contributed by atoms with Gasteiger partial charge in [0.25, 0.3) is 0 Å². The van der Waals surface area contributed by atoms with Crippen molar-refractivity contribution in [2.24, 2.45) is 0 Å². The molecule has 0 aliphatic carbocycles. The molecule has 0 aliphatic heterocycles. The summed E-state index contributed by atoms with van der Waals surface area (Å²) in [7, 11) is 1.98. The van der Waals surface area contributed by atoms with Gasteiger partial charge >= 0.3 is 0 Å². The average Bonchev–Trinajstić information content (AvgIpc) is 2.97. The number of benzene rings is 2. The summed E-state index contributed by atoms with van der Waals surface area (Å²) in [5.74, 6) is 0.811. The largest absolute Gasteiger partial charge is 0.490 e. The van der Waals surface area contributed by atoms with Crippen LogP contribution in [0.3, 0.4) is 0 Å². The number of thiazole rings is 1. The minimum Gasteiger partial charge on any atom is -0.490 e. The molecule has 3 aromatic rings. The number of hydrogen-bond acceptors (Lipinski definition) is 5. The van der Waals surface area contributed by atoms with Crippen LogP contribution in [0.1, 0.15) is 10.7 Å². The van der Waals surface area contributed by atoms with E-state index in [2.05, 4.69) is 22.0 Å². The van der Waals surface area contributed by atoms with Crippen LogP contribution in [0, 0.1) is 6.92 Å². The summed E-state index contributed by atoms with van der Waals surface area (Å²) in [5, 5.41) is 15.6. The number of rotatable bonds is 7. The molecule has 0 saturated heterocycles. The third-order valence-electron chi connectivity index (χ3n) is 3.78. The highest BCUT2D eigenvalue weighted by Gasteiger charge is 2.12. The van der Waals surface area contributed by atoms with Crippen molar-refractivity contribution in [2.75, 3.05) is 20.2 Å². The van der Waals surface area contributed by atoms with E-state index in [0.29, 0.717) is 6.54 Å². The van der Waals surface area contributed by atoms with Gasteiger partial charge in [-0.1, -0.05) is 36.4 Å². The summed E-state index contributed by atoms with van der Waals surface area (Å²) in [4.78, 5) is 6.51. The van der Waals surface area contributed by atoms with Crippen molar-refractivity contribution in [3.05, 3.63) is 58.5 Å². The van der Waals surface area contributed by atoms with Crippen molar-refractivity contribution >= 4 is 22.1 Å². The van der Waals surface area contributed by atoms with Gasteiger partial charge < -0.3 is 9.84 Å². The molecule has 1 aromatic heterocycles. The van der Waals surface area contributed by atoms with Crippen LogP contribution in [0.15, 0.2) is 47.8 Å². The standard InChI is InChI=1S/C19H22N2O2S/c1-14-13-24-19(20-14)11-21(2)10-16(22)12-23-18-9-5-7-15-6-3-4-8-17(15)18/h3-9,13,16,22H,10-12H2,1-2H3. The van der Waals surface area contributed by atoms with Gasteiger partial charge in [0.05, 0.1) is 6.54 Å². The molecular weight excluding hydrogens is 320 g/mol. The first-order valence-electron chi connectivity index (χ1n) is 8.00. The van der Waals surface area contributed by atoms with E-state index in [1.54, 1.807) is 11.3 Å². The molecule has 0 fully saturated rings. The van der Waals surface area contributed by atoms with Gasteiger partial charge in [-0.2, -0.15) is 0 Å². The Hall–Kier alpha value is -1.95. The zero-order valence-corrected chi connectivity index (χ0v) is 14.8.